The molecular weight excluding hydrogens is 375 g/mol. The van der Waals surface area contributed by atoms with Gasteiger partial charge < -0.3 is 14.2 Å². The van der Waals surface area contributed by atoms with E-state index in [1.54, 1.807) is 18.6 Å². The summed E-state index contributed by atoms with van der Waals surface area (Å²) in [5, 5.41) is 1.76. The average Bonchev–Trinajstić information content (AvgIpc) is 3.29. The topological polar surface area (TPSA) is 60.2 Å². The van der Waals surface area contributed by atoms with E-state index in [1.165, 1.54) is 6.92 Å². The molecule has 0 spiro atoms. The number of imidazole rings is 1. The van der Waals surface area contributed by atoms with E-state index >= 15 is 0 Å². The van der Waals surface area contributed by atoms with E-state index in [0.717, 1.165) is 29.9 Å². The monoisotopic (exact) mass is 390 g/mol. The van der Waals surface area contributed by atoms with Crippen LogP contribution in [0.4, 0.5) is 5.82 Å². The van der Waals surface area contributed by atoms with Crippen LogP contribution < -0.4 is 4.90 Å². The average molecular weight is 391 g/mol. The van der Waals surface area contributed by atoms with Crippen LogP contribution in [-0.2, 0) is 9.53 Å². The number of pyridine rings is 1. The lowest BCUT2D eigenvalue weighted by Crippen LogP contribution is -2.25. The van der Waals surface area contributed by atoms with Crippen molar-refractivity contribution in [3.8, 4) is 5.69 Å². The summed E-state index contributed by atoms with van der Waals surface area (Å²) >= 11 is 12.6. The highest BCUT2D eigenvalue weighted by Gasteiger charge is 2.27. The third-order valence-corrected chi connectivity index (χ3v) is 5.22. The maximum absolute atomic E-state index is 11.2. The van der Waals surface area contributed by atoms with Gasteiger partial charge in [-0.05, 0) is 12.1 Å². The molecule has 1 fully saturated rings. The Kier molecular flexibility index (Phi) is 4.46. The van der Waals surface area contributed by atoms with Gasteiger partial charge in [0.1, 0.15) is 11.9 Å². The number of esters is 1. The number of benzene rings is 1. The Hall–Kier alpha value is -2.31. The number of hydrogen-bond donors (Lipinski definition) is 0. The zero-order valence-corrected chi connectivity index (χ0v) is 15.5. The minimum atomic E-state index is -0.266. The number of fused-ring (bicyclic) bond motifs is 1. The van der Waals surface area contributed by atoms with Crippen molar-refractivity contribution in [1.29, 1.82) is 0 Å². The van der Waals surface area contributed by atoms with Crippen molar-refractivity contribution >= 4 is 45.9 Å². The van der Waals surface area contributed by atoms with Gasteiger partial charge in [0.25, 0.3) is 0 Å². The van der Waals surface area contributed by atoms with E-state index in [-0.39, 0.29) is 12.1 Å². The van der Waals surface area contributed by atoms with Crippen LogP contribution in [-0.4, -0.2) is 39.7 Å². The van der Waals surface area contributed by atoms with Crippen LogP contribution >= 0.6 is 23.2 Å². The SMILES string of the molecule is CC(=O)O[C@H]1CCN(c2cc(-n3ccnc3)c3ccc(Cl)c(Cl)c3n2)C1. The smallest absolute Gasteiger partial charge is 0.302 e. The summed E-state index contributed by atoms with van der Waals surface area (Å²) in [6.45, 7) is 2.77. The summed E-state index contributed by atoms with van der Waals surface area (Å²) in [4.78, 5) is 22.2. The lowest BCUT2D eigenvalue weighted by atomic mass is 10.1. The van der Waals surface area contributed by atoms with Crippen molar-refractivity contribution in [2.75, 3.05) is 18.0 Å². The second-order valence-electron chi connectivity index (χ2n) is 6.19. The normalized spacial score (nSPS) is 17.0. The summed E-state index contributed by atoms with van der Waals surface area (Å²) < 4.78 is 7.24. The maximum atomic E-state index is 11.2. The minimum absolute atomic E-state index is 0.128. The molecule has 0 radical (unpaired) electrons. The molecule has 0 unspecified atom stereocenters. The maximum Gasteiger partial charge on any atom is 0.302 e. The molecule has 2 aromatic heterocycles. The van der Waals surface area contributed by atoms with Crippen LogP contribution in [0.15, 0.2) is 36.9 Å². The summed E-state index contributed by atoms with van der Waals surface area (Å²) in [6.07, 6.45) is 5.95. The first-order valence-electron chi connectivity index (χ1n) is 8.22. The van der Waals surface area contributed by atoms with Crippen LogP contribution in [0.1, 0.15) is 13.3 Å². The molecule has 6 nitrogen and oxygen atoms in total. The number of carbonyl (C=O) groups excluding carboxylic acids is 1. The van der Waals surface area contributed by atoms with Gasteiger partial charge in [-0.15, -0.1) is 0 Å². The quantitative estimate of drug-likeness (QED) is 0.635. The number of anilines is 1. The van der Waals surface area contributed by atoms with Gasteiger partial charge in [-0.1, -0.05) is 23.2 Å². The molecule has 1 aromatic carbocycles. The van der Waals surface area contributed by atoms with E-state index in [1.807, 2.05) is 22.9 Å². The number of halogens is 2. The fourth-order valence-corrected chi connectivity index (χ4v) is 3.61. The molecule has 0 amide bonds. The first-order valence-corrected chi connectivity index (χ1v) is 8.98. The van der Waals surface area contributed by atoms with Gasteiger partial charge in [-0.2, -0.15) is 0 Å². The Labute approximate surface area is 160 Å². The first kappa shape index (κ1) is 17.1. The zero-order valence-electron chi connectivity index (χ0n) is 14.0. The summed E-state index contributed by atoms with van der Waals surface area (Å²) in [5.41, 5.74) is 1.55. The van der Waals surface area contributed by atoms with Gasteiger partial charge in [-0.25, -0.2) is 9.97 Å². The van der Waals surface area contributed by atoms with Crippen molar-refractivity contribution in [2.45, 2.75) is 19.4 Å². The summed E-state index contributed by atoms with van der Waals surface area (Å²) in [6, 6.07) is 5.66. The van der Waals surface area contributed by atoms with Gasteiger partial charge in [0, 0.05) is 43.7 Å². The number of carbonyl (C=O) groups is 1. The summed E-state index contributed by atoms with van der Waals surface area (Å²) in [5.74, 6) is 0.497. The minimum Gasteiger partial charge on any atom is -0.461 e. The number of ether oxygens (including phenoxy) is 1. The molecular formula is C18H16Cl2N4O2. The van der Waals surface area contributed by atoms with Crippen molar-refractivity contribution in [2.24, 2.45) is 0 Å². The molecule has 1 atom stereocenters. The fourth-order valence-electron chi connectivity index (χ4n) is 3.25. The Balaban J connectivity index is 1.81. The lowest BCUT2D eigenvalue weighted by Gasteiger charge is -2.20. The fraction of sp³-hybridized carbons (Fsp3) is 0.278. The predicted molar refractivity (Wildman–Crippen MR) is 101 cm³/mol. The molecule has 0 aliphatic carbocycles. The van der Waals surface area contributed by atoms with Gasteiger partial charge >= 0.3 is 5.97 Å². The predicted octanol–water partition coefficient (Wildman–Crippen LogP) is 3.87. The summed E-state index contributed by atoms with van der Waals surface area (Å²) in [7, 11) is 0. The van der Waals surface area contributed by atoms with E-state index in [9.17, 15) is 4.79 Å². The van der Waals surface area contributed by atoms with Gasteiger partial charge in [-0.3, -0.25) is 4.79 Å². The van der Waals surface area contributed by atoms with Gasteiger partial charge in [0.15, 0.2) is 0 Å². The molecule has 8 heteroatoms. The van der Waals surface area contributed by atoms with E-state index in [0.29, 0.717) is 22.1 Å². The highest BCUT2D eigenvalue weighted by molar-refractivity contribution is 6.45. The molecule has 3 aromatic rings. The largest absolute Gasteiger partial charge is 0.461 e. The molecule has 1 aliphatic rings. The molecule has 3 heterocycles. The molecule has 26 heavy (non-hydrogen) atoms. The highest BCUT2D eigenvalue weighted by Crippen LogP contribution is 2.35. The standard InChI is InChI=1S/C18H16Cl2N4O2/c1-11(25)26-12-4-6-23(9-12)16-8-15(24-7-5-21-10-24)13-2-3-14(19)17(20)18(13)22-16/h2-3,5,7-8,10,12H,4,6,9H2,1H3/t12-/m0/s1. The molecule has 134 valence electrons. The Morgan fingerprint density at radius 1 is 1.35 bits per heavy atom. The Morgan fingerprint density at radius 3 is 2.92 bits per heavy atom. The van der Waals surface area contributed by atoms with Gasteiger partial charge in [0.05, 0.1) is 34.1 Å². The molecule has 4 rings (SSSR count). The van der Waals surface area contributed by atoms with Crippen LogP contribution in [0.25, 0.3) is 16.6 Å². The molecule has 0 saturated carbocycles. The number of rotatable bonds is 3. The van der Waals surface area contributed by atoms with E-state index in [4.69, 9.17) is 32.9 Å². The molecule has 0 bridgehead atoms. The van der Waals surface area contributed by atoms with Gasteiger partial charge in [0.2, 0.25) is 0 Å². The molecule has 1 saturated heterocycles. The van der Waals surface area contributed by atoms with Crippen molar-refractivity contribution < 1.29 is 9.53 Å². The number of aromatic nitrogens is 3. The van der Waals surface area contributed by atoms with Crippen LogP contribution in [0.5, 0.6) is 0 Å². The van der Waals surface area contributed by atoms with E-state index in [2.05, 4.69) is 9.88 Å². The lowest BCUT2D eigenvalue weighted by molar-refractivity contribution is -0.145. The second kappa shape index (κ2) is 6.78. The number of nitrogens with zero attached hydrogens (tertiary/aromatic N) is 4. The third-order valence-electron chi connectivity index (χ3n) is 4.42. The first-order chi connectivity index (χ1) is 12.5. The van der Waals surface area contributed by atoms with Crippen molar-refractivity contribution in [3.63, 3.8) is 0 Å². The Morgan fingerprint density at radius 2 is 2.19 bits per heavy atom. The van der Waals surface area contributed by atoms with Crippen molar-refractivity contribution in [3.05, 3.63) is 47.0 Å². The van der Waals surface area contributed by atoms with Crippen LogP contribution in [0, 0.1) is 0 Å². The Bertz CT molecular complexity index is 975. The van der Waals surface area contributed by atoms with Crippen molar-refractivity contribution in [1.82, 2.24) is 14.5 Å². The molecule has 1 aliphatic heterocycles. The van der Waals surface area contributed by atoms with E-state index < -0.39 is 0 Å². The van der Waals surface area contributed by atoms with Crippen LogP contribution in [0.2, 0.25) is 10.0 Å². The second-order valence-corrected chi connectivity index (χ2v) is 6.98. The van der Waals surface area contributed by atoms with Crippen LogP contribution in [0.3, 0.4) is 0 Å². The zero-order chi connectivity index (χ0) is 18.3. The number of hydrogen-bond acceptors (Lipinski definition) is 5. The third kappa shape index (κ3) is 3.10. The molecule has 0 N–H and O–H groups in total. The highest BCUT2D eigenvalue weighted by atomic mass is 35.5.